The number of hydrogen-bond acceptors (Lipinski definition) is 14. The lowest BCUT2D eigenvalue weighted by atomic mass is 9.44. The molecule has 2 aromatic carbocycles. The summed E-state index contributed by atoms with van der Waals surface area (Å²) in [4.78, 5) is 82.9. The molecule has 60 heavy (non-hydrogen) atoms. The number of aliphatic hydroxyl groups excluding tert-OH is 2. The maximum Gasteiger partial charge on any atom is 0.338 e. The van der Waals surface area contributed by atoms with Gasteiger partial charge in [0.25, 0.3) is 0 Å². The molecule has 3 fully saturated rings. The van der Waals surface area contributed by atoms with Gasteiger partial charge in [0.1, 0.15) is 23.9 Å². The van der Waals surface area contributed by atoms with Gasteiger partial charge < -0.3 is 44.3 Å². The van der Waals surface area contributed by atoms with Crippen LogP contribution in [-0.4, -0.2) is 105 Å². The number of ether oxygens (including phenoxy) is 5. The van der Waals surface area contributed by atoms with Crippen LogP contribution < -0.4 is 5.32 Å². The highest BCUT2D eigenvalue weighted by Crippen LogP contribution is 2.64. The minimum atomic E-state index is -2.38. The van der Waals surface area contributed by atoms with Crippen LogP contribution in [-0.2, 0) is 47.7 Å². The van der Waals surface area contributed by atoms with Gasteiger partial charge in [-0.25, -0.2) is 9.59 Å². The Labute approximate surface area is 348 Å². The number of esters is 4. The van der Waals surface area contributed by atoms with E-state index >= 15 is 4.79 Å². The number of allylic oxidation sites excluding steroid dienone is 1. The van der Waals surface area contributed by atoms with Crippen molar-refractivity contribution in [1.82, 2.24) is 5.32 Å². The molecule has 1 amide bonds. The fourth-order valence-electron chi connectivity index (χ4n) is 9.75. The molecule has 1 unspecified atom stereocenters. The number of hydrogen-bond donors (Lipinski definition) is 4. The van der Waals surface area contributed by atoms with Crippen molar-refractivity contribution in [2.24, 2.45) is 16.7 Å². The van der Waals surface area contributed by atoms with E-state index < -0.39 is 113 Å². The molecule has 4 N–H and O–H groups in total. The molecule has 3 aliphatic carbocycles. The van der Waals surface area contributed by atoms with Gasteiger partial charge in [-0.3, -0.25) is 19.2 Å². The number of benzene rings is 2. The van der Waals surface area contributed by atoms with E-state index in [2.05, 4.69) is 5.32 Å². The van der Waals surface area contributed by atoms with E-state index in [1.807, 2.05) is 0 Å². The first kappa shape index (κ1) is 44.3. The number of rotatable bonds is 10. The Bertz CT molecular complexity index is 2110. The van der Waals surface area contributed by atoms with Crippen molar-refractivity contribution in [1.29, 1.82) is 0 Å². The highest BCUT2D eigenvalue weighted by molar-refractivity contribution is 5.96. The van der Waals surface area contributed by atoms with Crippen LogP contribution in [0.4, 0.5) is 0 Å². The number of amides is 1. The summed E-state index contributed by atoms with van der Waals surface area (Å²) in [6, 6.07) is 14.8. The third-order valence-corrected chi connectivity index (χ3v) is 13.2. The van der Waals surface area contributed by atoms with E-state index in [0.29, 0.717) is 11.1 Å². The highest BCUT2D eigenvalue weighted by atomic mass is 16.6. The molecule has 15 heteroatoms. The van der Waals surface area contributed by atoms with E-state index in [1.54, 1.807) is 82.3 Å². The lowest BCUT2D eigenvalue weighted by Crippen LogP contribution is -2.82. The van der Waals surface area contributed by atoms with Gasteiger partial charge in [0.2, 0.25) is 5.91 Å². The van der Waals surface area contributed by atoms with Crippen LogP contribution in [0.15, 0.2) is 83.5 Å². The van der Waals surface area contributed by atoms with Gasteiger partial charge in [-0.2, -0.15) is 0 Å². The summed E-state index contributed by atoms with van der Waals surface area (Å²) < 4.78 is 30.2. The molecule has 1 aliphatic heterocycles. The van der Waals surface area contributed by atoms with E-state index in [-0.39, 0.29) is 29.7 Å². The van der Waals surface area contributed by atoms with Crippen LogP contribution in [0.5, 0.6) is 0 Å². The van der Waals surface area contributed by atoms with Crippen LogP contribution in [0.3, 0.4) is 0 Å². The third kappa shape index (κ3) is 7.24. The average Bonchev–Trinajstić information content (AvgIpc) is 3.20. The largest absolute Gasteiger partial charge is 0.456 e. The molecule has 1 heterocycles. The topological polar surface area (TPSA) is 221 Å². The normalized spacial score (nSPS) is 32.9. The van der Waals surface area contributed by atoms with E-state index in [9.17, 15) is 39.3 Å². The Morgan fingerprint density at radius 2 is 1.53 bits per heavy atom. The van der Waals surface area contributed by atoms with Crippen molar-refractivity contribution in [2.75, 3.05) is 6.61 Å². The quantitative estimate of drug-likeness (QED) is 0.117. The zero-order valence-corrected chi connectivity index (χ0v) is 34.9. The molecule has 0 radical (unpaired) electrons. The van der Waals surface area contributed by atoms with Crippen molar-refractivity contribution in [3.05, 3.63) is 94.6 Å². The summed E-state index contributed by atoms with van der Waals surface area (Å²) >= 11 is 0. The summed E-state index contributed by atoms with van der Waals surface area (Å²) in [6.45, 7) is 11.2. The SMILES string of the molecule is C/C=C(\C)C(=O)N[C@@H](c1ccccc1)[C@@H](O)C(=O)OC1C[C@@]2(O)[C@@H](OC(=O)c3ccccc3)[C@@H]3[C@]4(OC(C)=O)CO[C@@H]4C[C@H](O)[C@@]3(C)C(=O)[C@H](OC(C)=O)C(=C1C)C2(C)C. The van der Waals surface area contributed by atoms with E-state index in [4.69, 9.17) is 23.7 Å². The minimum Gasteiger partial charge on any atom is -0.456 e. The molecule has 322 valence electrons. The maximum absolute atomic E-state index is 15.4. The number of Topliss-reactive ketones (excluding diaryl/α,β-unsaturated/α-hetero) is 1. The van der Waals surface area contributed by atoms with Gasteiger partial charge in [-0.1, -0.05) is 68.5 Å². The summed E-state index contributed by atoms with van der Waals surface area (Å²) in [5.74, 6) is -6.78. The molecular formula is C45H53NO14. The molecule has 1 saturated heterocycles. The molecule has 2 saturated carbocycles. The van der Waals surface area contributed by atoms with Crippen LogP contribution in [0.1, 0.15) is 90.2 Å². The van der Waals surface area contributed by atoms with E-state index in [0.717, 1.165) is 13.8 Å². The van der Waals surface area contributed by atoms with Crippen molar-refractivity contribution < 1.29 is 67.8 Å². The van der Waals surface area contributed by atoms with E-state index in [1.165, 1.54) is 26.0 Å². The number of carbonyl (C=O) groups is 6. The molecule has 6 rings (SSSR count). The summed E-state index contributed by atoms with van der Waals surface area (Å²) in [6.07, 6.45) is -8.88. The number of aliphatic hydroxyl groups is 3. The van der Waals surface area contributed by atoms with Crippen LogP contribution in [0.2, 0.25) is 0 Å². The molecule has 11 atom stereocenters. The second-order valence-electron chi connectivity index (χ2n) is 17.0. The fraction of sp³-hybridized carbons (Fsp3) is 0.511. The minimum absolute atomic E-state index is 0.00140. The predicted molar refractivity (Wildman–Crippen MR) is 211 cm³/mol. The van der Waals surface area contributed by atoms with Crippen molar-refractivity contribution in [3.63, 3.8) is 0 Å². The summed E-state index contributed by atoms with van der Waals surface area (Å²) in [5, 5.41) is 40.0. The first-order valence-corrected chi connectivity index (χ1v) is 19.9. The zero-order chi connectivity index (χ0) is 44.1. The fourth-order valence-corrected chi connectivity index (χ4v) is 9.75. The Balaban J connectivity index is 1.56. The second-order valence-corrected chi connectivity index (χ2v) is 17.0. The van der Waals surface area contributed by atoms with Gasteiger partial charge >= 0.3 is 23.9 Å². The van der Waals surface area contributed by atoms with Crippen LogP contribution in [0.25, 0.3) is 0 Å². The van der Waals surface area contributed by atoms with Gasteiger partial charge in [-0.05, 0) is 56.5 Å². The lowest BCUT2D eigenvalue weighted by molar-refractivity contribution is -0.346. The third-order valence-electron chi connectivity index (χ3n) is 13.2. The number of nitrogens with one attached hydrogen (secondary N) is 1. The Morgan fingerprint density at radius 1 is 0.917 bits per heavy atom. The number of ketones is 1. The highest BCUT2D eigenvalue weighted by Gasteiger charge is 2.78. The van der Waals surface area contributed by atoms with Gasteiger partial charge in [0, 0.05) is 37.7 Å². The van der Waals surface area contributed by atoms with Gasteiger partial charge in [0.05, 0.1) is 35.6 Å². The van der Waals surface area contributed by atoms with Crippen LogP contribution in [0, 0.1) is 16.7 Å². The molecule has 2 bridgehead atoms. The van der Waals surface area contributed by atoms with Crippen molar-refractivity contribution in [2.45, 2.75) is 122 Å². The maximum atomic E-state index is 15.4. The zero-order valence-electron chi connectivity index (χ0n) is 34.9. The van der Waals surface area contributed by atoms with Gasteiger partial charge in [-0.15, -0.1) is 0 Å². The predicted octanol–water partition coefficient (Wildman–Crippen LogP) is 3.39. The molecule has 4 aliphatic rings. The summed E-state index contributed by atoms with van der Waals surface area (Å²) in [7, 11) is 0. The second kappa shape index (κ2) is 16.3. The molecule has 2 aromatic rings. The smallest absolute Gasteiger partial charge is 0.338 e. The molecule has 0 aromatic heterocycles. The molecular weight excluding hydrogens is 778 g/mol. The Kier molecular flexibility index (Phi) is 12.1. The standard InChI is InChI=1S/C45H53NO14/c1-9-23(2)39(52)46-33(27-16-12-10-13-17-27)34(50)41(54)58-29-21-45(55)38(59-40(53)28-18-14-11-15-19-28)36-43(8,30(49)20-31-44(36,22-56-31)60-26(5)48)37(51)35(57-25(4)47)32(24(29)3)42(45,6)7/h9-19,29-31,33-36,38,49-50,55H,20-22H2,1-8H3,(H,46,52)/b23-9+/t29?,30-,31+,33-,34+,35+,36-,38-,43+,44-,45+/m0/s1. The number of carbonyl (C=O) groups excluding carboxylic acids is 6. The molecule has 0 spiro atoms. The lowest BCUT2D eigenvalue weighted by Gasteiger charge is -2.67. The molecule has 15 nitrogen and oxygen atoms in total. The summed E-state index contributed by atoms with van der Waals surface area (Å²) in [5.41, 5.74) is -6.91. The van der Waals surface area contributed by atoms with Crippen molar-refractivity contribution in [3.8, 4) is 0 Å². The monoisotopic (exact) mass is 831 g/mol. The van der Waals surface area contributed by atoms with Crippen molar-refractivity contribution >= 4 is 35.6 Å². The van der Waals surface area contributed by atoms with Crippen LogP contribution >= 0.6 is 0 Å². The first-order valence-electron chi connectivity index (χ1n) is 19.9. The Hall–Kier alpha value is -5.22. The van der Waals surface area contributed by atoms with Gasteiger partial charge in [0.15, 0.2) is 23.6 Å². The Morgan fingerprint density at radius 3 is 2.08 bits per heavy atom. The number of fused-ring (bicyclic) bond motifs is 5. The first-order chi connectivity index (χ1) is 28.1. The average molecular weight is 832 g/mol.